The molecule has 0 aliphatic carbocycles. The highest BCUT2D eigenvalue weighted by Crippen LogP contribution is 2.26. The van der Waals surface area contributed by atoms with Crippen LogP contribution in [0.3, 0.4) is 0 Å². The molecule has 3 heteroatoms. The molecule has 0 unspecified atom stereocenters. The molecule has 0 atom stereocenters. The molecule has 0 fully saturated rings. The van der Waals surface area contributed by atoms with Crippen LogP contribution in [-0.4, -0.2) is 17.3 Å². The van der Waals surface area contributed by atoms with E-state index in [9.17, 15) is 4.79 Å². The molecule has 3 nitrogen and oxygen atoms in total. The number of H-pyrrole nitrogens is 1. The van der Waals surface area contributed by atoms with Crippen LogP contribution >= 0.6 is 0 Å². The summed E-state index contributed by atoms with van der Waals surface area (Å²) in [4.78, 5) is 15.4. The lowest BCUT2D eigenvalue weighted by Gasteiger charge is -2.19. The van der Waals surface area contributed by atoms with Crippen LogP contribution in [0.4, 0.5) is 0 Å². The number of aromatic amines is 1. The maximum Gasteiger partial charge on any atom is 0.171 e. The van der Waals surface area contributed by atoms with Gasteiger partial charge in [-0.15, -0.1) is 0 Å². The van der Waals surface area contributed by atoms with Gasteiger partial charge in [0, 0.05) is 34.6 Å². The van der Waals surface area contributed by atoms with Gasteiger partial charge in [0.15, 0.2) is 5.78 Å². The Morgan fingerprint density at radius 2 is 2.06 bits per heavy atom. The van der Waals surface area contributed by atoms with Gasteiger partial charge in [-0.1, -0.05) is 32.0 Å². The molecule has 0 aliphatic heterocycles. The number of rotatable bonds is 3. The Hall–Kier alpha value is -1.61. The number of Topliss-reactive ketones (excluding diaryl/α,β-unsaturated/α-hetero) is 1. The topological polar surface area (TPSA) is 58.9 Å². The van der Waals surface area contributed by atoms with Crippen LogP contribution < -0.4 is 5.73 Å². The number of carbonyl (C=O) groups is 1. The predicted molar refractivity (Wildman–Crippen MR) is 65.5 cm³/mol. The van der Waals surface area contributed by atoms with Crippen molar-refractivity contribution in [3.05, 3.63) is 36.0 Å². The lowest BCUT2D eigenvalue weighted by atomic mass is 9.84. The minimum atomic E-state index is -0.509. The number of hydrogen-bond donors (Lipinski definition) is 2. The zero-order valence-corrected chi connectivity index (χ0v) is 9.58. The lowest BCUT2D eigenvalue weighted by Crippen LogP contribution is -2.32. The number of fused-ring (bicyclic) bond motifs is 1. The summed E-state index contributed by atoms with van der Waals surface area (Å²) in [5.74, 6) is 0.0902. The van der Waals surface area contributed by atoms with E-state index < -0.39 is 5.41 Å². The quantitative estimate of drug-likeness (QED) is 0.774. The van der Waals surface area contributed by atoms with Crippen LogP contribution in [-0.2, 0) is 0 Å². The third-order valence-electron chi connectivity index (χ3n) is 2.96. The number of ketones is 1. The number of nitrogens with one attached hydrogen (secondary N) is 1. The van der Waals surface area contributed by atoms with Crippen molar-refractivity contribution in [3.63, 3.8) is 0 Å². The van der Waals surface area contributed by atoms with Crippen molar-refractivity contribution in [1.29, 1.82) is 0 Å². The van der Waals surface area contributed by atoms with Gasteiger partial charge >= 0.3 is 0 Å². The van der Waals surface area contributed by atoms with Gasteiger partial charge in [0.1, 0.15) is 0 Å². The largest absolute Gasteiger partial charge is 0.360 e. The average molecular weight is 216 g/mol. The molecule has 0 radical (unpaired) electrons. The number of aromatic nitrogens is 1. The average Bonchev–Trinajstić information content (AvgIpc) is 2.71. The Balaban J connectivity index is 2.52. The molecule has 1 aromatic carbocycles. The molecule has 2 rings (SSSR count). The molecule has 0 aliphatic rings. The Morgan fingerprint density at radius 1 is 1.38 bits per heavy atom. The SMILES string of the molecule is CC(C)(CN)C(=O)c1c[nH]c2ccccc12. The highest BCUT2D eigenvalue weighted by Gasteiger charge is 2.28. The van der Waals surface area contributed by atoms with Crippen molar-refractivity contribution in [3.8, 4) is 0 Å². The fraction of sp³-hybridized carbons (Fsp3) is 0.308. The van der Waals surface area contributed by atoms with Crippen LogP contribution in [0.15, 0.2) is 30.5 Å². The summed E-state index contributed by atoms with van der Waals surface area (Å²) in [6.07, 6.45) is 1.77. The Kier molecular flexibility index (Phi) is 2.56. The molecule has 1 heterocycles. The monoisotopic (exact) mass is 216 g/mol. The van der Waals surface area contributed by atoms with Gasteiger partial charge in [-0.3, -0.25) is 4.79 Å². The molecule has 2 aromatic rings. The second-order valence-corrected chi connectivity index (χ2v) is 4.67. The predicted octanol–water partition coefficient (Wildman–Crippen LogP) is 2.34. The van der Waals surface area contributed by atoms with E-state index in [0.29, 0.717) is 6.54 Å². The molecule has 0 spiro atoms. The number of carbonyl (C=O) groups excluding carboxylic acids is 1. The summed E-state index contributed by atoms with van der Waals surface area (Å²) >= 11 is 0. The highest BCUT2D eigenvalue weighted by molar-refractivity contribution is 6.10. The van der Waals surface area contributed by atoms with Crippen LogP contribution in [0.25, 0.3) is 10.9 Å². The molecule has 3 N–H and O–H groups in total. The number of benzene rings is 1. The van der Waals surface area contributed by atoms with Crippen LogP contribution in [0.1, 0.15) is 24.2 Å². The summed E-state index contributed by atoms with van der Waals surface area (Å²) in [6.45, 7) is 4.10. The van der Waals surface area contributed by atoms with E-state index in [-0.39, 0.29) is 5.78 Å². The first-order valence-electron chi connectivity index (χ1n) is 5.37. The molecule has 0 saturated heterocycles. The molecule has 0 bridgehead atoms. The van der Waals surface area contributed by atoms with E-state index in [0.717, 1.165) is 16.5 Å². The minimum absolute atomic E-state index is 0.0902. The molecular weight excluding hydrogens is 200 g/mol. The zero-order valence-electron chi connectivity index (χ0n) is 9.58. The van der Waals surface area contributed by atoms with Crippen molar-refractivity contribution in [2.24, 2.45) is 11.1 Å². The van der Waals surface area contributed by atoms with Gasteiger partial charge in [0.05, 0.1) is 0 Å². The van der Waals surface area contributed by atoms with Gasteiger partial charge in [-0.05, 0) is 6.07 Å². The highest BCUT2D eigenvalue weighted by atomic mass is 16.1. The lowest BCUT2D eigenvalue weighted by molar-refractivity contribution is 0.0849. The van der Waals surface area contributed by atoms with Crippen molar-refractivity contribution >= 4 is 16.7 Å². The van der Waals surface area contributed by atoms with Crippen LogP contribution in [0.2, 0.25) is 0 Å². The summed E-state index contributed by atoms with van der Waals surface area (Å²) in [5.41, 5.74) is 6.83. The Bertz CT molecular complexity index is 525. The van der Waals surface area contributed by atoms with Crippen LogP contribution in [0.5, 0.6) is 0 Å². The standard InChI is InChI=1S/C13H16N2O/c1-13(2,8-14)12(16)10-7-15-11-6-4-3-5-9(10)11/h3-7,15H,8,14H2,1-2H3. The van der Waals surface area contributed by atoms with Crippen molar-refractivity contribution < 1.29 is 4.79 Å². The molecule has 0 saturated carbocycles. The van der Waals surface area contributed by atoms with Crippen molar-refractivity contribution in [1.82, 2.24) is 4.98 Å². The van der Waals surface area contributed by atoms with Gasteiger partial charge in [-0.2, -0.15) is 0 Å². The van der Waals surface area contributed by atoms with Crippen molar-refractivity contribution in [2.45, 2.75) is 13.8 Å². The number of para-hydroxylation sites is 1. The first kappa shape index (κ1) is 10.9. The normalized spacial score (nSPS) is 11.9. The van der Waals surface area contributed by atoms with Gasteiger partial charge in [0.25, 0.3) is 0 Å². The molecule has 16 heavy (non-hydrogen) atoms. The number of hydrogen-bond acceptors (Lipinski definition) is 2. The second-order valence-electron chi connectivity index (χ2n) is 4.67. The maximum atomic E-state index is 12.3. The summed E-state index contributed by atoms with van der Waals surface area (Å²) in [6, 6.07) is 7.79. The molecule has 1 aromatic heterocycles. The fourth-order valence-electron chi connectivity index (χ4n) is 1.72. The first-order chi connectivity index (χ1) is 7.56. The second kappa shape index (κ2) is 3.76. The van der Waals surface area contributed by atoms with E-state index in [2.05, 4.69) is 4.98 Å². The van der Waals surface area contributed by atoms with Gasteiger partial charge < -0.3 is 10.7 Å². The number of nitrogens with two attached hydrogens (primary N) is 1. The van der Waals surface area contributed by atoms with E-state index in [1.807, 2.05) is 38.1 Å². The third kappa shape index (κ3) is 1.63. The first-order valence-corrected chi connectivity index (χ1v) is 5.37. The van der Waals surface area contributed by atoms with Crippen LogP contribution in [0, 0.1) is 5.41 Å². The van der Waals surface area contributed by atoms with E-state index >= 15 is 0 Å². The third-order valence-corrected chi connectivity index (χ3v) is 2.96. The fourth-order valence-corrected chi connectivity index (χ4v) is 1.72. The molecule has 84 valence electrons. The Labute approximate surface area is 94.6 Å². The van der Waals surface area contributed by atoms with E-state index in [1.54, 1.807) is 6.20 Å². The molecular formula is C13H16N2O. The Morgan fingerprint density at radius 3 is 2.75 bits per heavy atom. The smallest absolute Gasteiger partial charge is 0.171 e. The summed E-state index contributed by atoms with van der Waals surface area (Å²) < 4.78 is 0. The molecule has 0 amide bonds. The van der Waals surface area contributed by atoms with Crippen molar-refractivity contribution in [2.75, 3.05) is 6.54 Å². The van der Waals surface area contributed by atoms with E-state index in [1.165, 1.54) is 0 Å². The van der Waals surface area contributed by atoms with E-state index in [4.69, 9.17) is 5.73 Å². The van der Waals surface area contributed by atoms with Gasteiger partial charge in [0.2, 0.25) is 0 Å². The maximum absolute atomic E-state index is 12.3. The zero-order chi connectivity index (χ0) is 11.8. The summed E-state index contributed by atoms with van der Waals surface area (Å²) in [5, 5.41) is 0.967. The minimum Gasteiger partial charge on any atom is -0.360 e. The van der Waals surface area contributed by atoms with Gasteiger partial charge in [-0.25, -0.2) is 0 Å². The summed E-state index contributed by atoms with van der Waals surface area (Å²) in [7, 11) is 0.